The molecule has 1 aliphatic heterocycles. The number of halogens is 1. The average Bonchev–Trinajstić information content (AvgIpc) is 3.23. The number of amides is 1. The summed E-state index contributed by atoms with van der Waals surface area (Å²) in [4.78, 5) is 14.7. The van der Waals surface area contributed by atoms with Crippen molar-refractivity contribution in [2.75, 3.05) is 30.3 Å². The normalized spacial score (nSPS) is 13.9. The second-order valence-electron chi connectivity index (χ2n) is 7.52. The molecule has 1 N–H and O–H groups in total. The van der Waals surface area contributed by atoms with E-state index in [0.717, 1.165) is 41.9 Å². The molecule has 162 valence electrons. The molecule has 0 unspecified atom stereocenters. The molecule has 0 spiro atoms. The number of aromatic nitrogens is 3. The molecule has 1 saturated heterocycles. The molecule has 2 aromatic carbocycles. The number of hydrogen-bond acceptors (Lipinski definition) is 5. The second kappa shape index (κ2) is 10.7. The highest BCUT2D eigenvalue weighted by Gasteiger charge is 2.21. The van der Waals surface area contributed by atoms with Crippen LogP contribution in [0.25, 0.3) is 5.69 Å². The van der Waals surface area contributed by atoms with Gasteiger partial charge < -0.3 is 10.2 Å². The van der Waals surface area contributed by atoms with Crippen LogP contribution in [0.5, 0.6) is 0 Å². The number of para-hydroxylation sites is 1. The van der Waals surface area contributed by atoms with Gasteiger partial charge in [0, 0.05) is 24.7 Å². The summed E-state index contributed by atoms with van der Waals surface area (Å²) in [5, 5.41) is 13.3. The predicted molar refractivity (Wildman–Crippen MR) is 126 cm³/mol. The zero-order valence-corrected chi connectivity index (χ0v) is 18.9. The first-order valence-corrected chi connectivity index (χ1v) is 12.0. The SMILES string of the molecule is O=C(CSc1nnc(N2CCCCC2)n1-c1ccccc1)NCCc1cccc(Cl)c1. The summed E-state index contributed by atoms with van der Waals surface area (Å²) in [5.74, 6) is 1.13. The number of hydrogen-bond donors (Lipinski definition) is 1. The maximum Gasteiger partial charge on any atom is 0.232 e. The van der Waals surface area contributed by atoms with Crippen LogP contribution in [-0.4, -0.2) is 46.1 Å². The van der Waals surface area contributed by atoms with E-state index < -0.39 is 0 Å². The molecular formula is C23H26ClN5OS. The number of benzene rings is 2. The van der Waals surface area contributed by atoms with E-state index in [1.54, 1.807) is 0 Å². The van der Waals surface area contributed by atoms with Crippen LogP contribution in [-0.2, 0) is 11.2 Å². The first-order chi connectivity index (χ1) is 15.2. The molecule has 1 amide bonds. The molecule has 0 saturated carbocycles. The van der Waals surface area contributed by atoms with Crippen molar-refractivity contribution in [2.24, 2.45) is 0 Å². The van der Waals surface area contributed by atoms with Crippen molar-refractivity contribution >= 4 is 35.2 Å². The van der Waals surface area contributed by atoms with Crippen molar-refractivity contribution in [3.63, 3.8) is 0 Å². The Morgan fingerprint density at radius 1 is 1.03 bits per heavy atom. The van der Waals surface area contributed by atoms with Crippen LogP contribution in [0, 0.1) is 0 Å². The van der Waals surface area contributed by atoms with E-state index in [1.807, 2.05) is 54.6 Å². The Balaban J connectivity index is 1.39. The fourth-order valence-corrected chi connectivity index (χ4v) is 4.67. The molecule has 0 aliphatic carbocycles. The number of piperidine rings is 1. The molecule has 0 radical (unpaired) electrons. The minimum absolute atomic E-state index is 0.0193. The van der Waals surface area contributed by atoms with E-state index in [1.165, 1.54) is 31.0 Å². The summed E-state index contributed by atoms with van der Waals surface area (Å²) in [7, 11) is 0. The number of rotatable bonds is 8. The third kappa shape index (κ3) is 5.80. The summed E-state index contributed by atoms with van der Waals surface area (Å²) < 4.78 is 2.06. The van der Waals surface area contributed by atoms with Crippen LogP contribution in [0.1, 0.15) is 24.8 Å². The zero-order chi connectivity index (χ0) is 21.5. The summed E-state index contributed by atoms with van der Waals surface area (Å²) >= 11 is 7.43. The fraction of sp³-hybridized carbons (Fsp3) is 0.348. The Kier molecular flexibility index (Phi) is 7.48. The number of anilines is 1. The Labute approximate surface area is 192 Å². The van der Waals surface area contributed by atoms with E-state index in [9.17, 15) is 4.79 Å². The third-order valence-corrected chi connectivity index (χ3v) is 6.39. The average molecular weight is 456 g/mol. The van der Waals surface area contributed by atoms with E-state index in [-0.39, 0.29) is 5.91 Å². The van der Waals surface area contributed by atoms with Crippen LogP contribution >= 0.6 is 23.4 Å². The third-order valence-electron chi connectivity index (χ3n) is 5.23. The van der Waals surface area contributed by atoms with Crippen molar-refractivity contribution in [2.45, 2.75) is 30.8 Å². The first-order valence-electron chi connectivity index (χ1n) is 10.6. The van der Waals surface area contributed by atoms with Gasteiger partial charge in [-0.3, -0.25) is 9.36 Å². The molecule has 4 rings (SSSR count). The number of carbonyl (C=O) groups excluding carboxylic acids is 1. The van der Waals surface area contributed by atoms with Gasteiger partial charge in [0.1, 0.15) is 0 Å². The van der Waals surface area contributed by atoms with E-state index in [0.29, 0.717) is 17.3 Å². The molecular weight excluding hydrogens is 430 g/mol. The maximum absolute atomic E-state index is 12.4. The van der Waals surface area contributed by atoms with Crippen molar-refractivity contribution in [1.29, 1.82) is 0 Å². The highest BCUT2D eigenvalue weighted by atomic mass is 35.5. The molecule has 1 fully saturated rings. The molecule has 1 aliphatic rings. The van der Waals surface area contributed by atoms with Gasteiger partial charge in [0.25, 0.3) is 0 Å². The van der Waals surface area contributed by atoms with Gasteiger partial charge >= 0.3 is 0 Å². The van der Waals surface area contributed by atoms with E-state index in [2.05, 4.69) is 25.0 Å². The number of carbonyl (C=O) groups is 1. The predicted octanol–water partition coefficient (Wildman–Crippen LogP) is 4.36. The first kappa shape index (κ1) is 21.7. The Hall–Kier alpha value is -2.51. The quantitative estimate of drug-likeness (QED) is 0.511. The zero-order valence-electron chi connectivity index (χ0n) is 17.3. The van der Waals surface area contributed by atoms with Crippen molar-refractivity contribution < 1.29 is 4.79 Å². The monoisotopic (exact) mass is 455 g/mol. The largest absolute Gasteiger partial charge is 0.355 e. The summed E-state index contributed by atoms with van der Waals surface area (Å²) in [6, 6.07) is 17.8. The van der Waals surface area contributed by atoms with Crippen LogP contribution in [0.3, 0.4) is 0 Å². The number of thioether (sulfide) groups is 1. The number of nitrogens with zero attached hydrogens (tertiary/aromatic N) is 4. The van der Waals surface area contributed by atoms with Gasteiger partial charge in [-0.25, -0.2) is 0 Å². The summed E-state index contributed by atoms with van der Waals surface area (Å²) in [6.45, 7) is 2.55. The van der Waals surface area contributed by atoms with Gasteiger partial charge in [0.2, 0.25) is 11.9 Å². The molecule has 8 heteroatoms. The number of nitrogens with one attached hydrogen (secondary N) is 1. The summed E-state index contributed by atoms with van der Waals surface area (Å²) in [5.41, 5.74) is 2.12. The molecule has 2 heterocycles. The van der Waals surface area contributed by atoms with Gasteiger partial charge in [0.05, 0.1) is 11.4 Å². The second-order valence-corrected chi connectivity index (χ2v) is 8.90. The topological polar surface area (TPSA) is 63.1 Å². The molecule has 0 atom stereocenters. The molecule has 3 aromatic rings. The van der Waals surface area contributed by atoms with E-state index >= 15 is 0 Å². The van der Waals surface area contributed by atoms with Crippen molar-refractivity contribution in [1.82, 2.24) is 20.1 Å². The van der Waals surface area contributed by atoms with Crippen molar-refractivity contribution in [3.8, 4) is 5.69 Å². The van der Waals surface area contributed by atoms with Gasteiger partial charge in [-0.05, 0) is 55.5 Å². The van der Waals surface area contributed by atoms with Crippen LogP contribution in [0.2, 0.25) is 5.02 Å². The highest BCUT2D eigenvalue weighted by Crippen LogP contribution is 2.28. The Morgan fingerprint density at radius 3 is 2.61 bits per heavy atom. The minimum atomic E-state index is -0.0193. The summed E-state index contributed by atoms with van der Waals surface area (Å²) in [6.07, 6.45) is 4.33. The molecule has 0 bridgehead atoms. The van der Waals surface area contributed by atoms with Crippen molar-refractivity contribution in [3.05, 3.63) is 65.2 Å². The minimum Gasteiger partial charge on any atom is -0.355 e. The lowest BCUT2D eigenvalue weighted by Gasteiger charge is -2.27. The van der Waals surface area contributed by atoms with E-state index in [4.69, 9.17) is 11.6 Å². The molecule has 6 nitrogen and oxygen atoms in total. The maximum atomic E-state index is 12.4. The van der Waals surface area contributed by atoms with Crippen LogP contribution < -0.4 is 10.2 Å². The van der Waals surface area contributed by atoms with Crippen LogP contribution in [0.4, 0.5) is 5.95 Å². The highest BCUT2D eigenvalue weighted by molar-refractivity contribution is 7.99. The van der Waals surface area contributed by atoms with Gasteiger partial charge in [0.15, 0.2) is 5.16 Å². The standard InChI is InChI=1S/C23H26ClN5OS/c24-19-9-7-8-18(16-19)12-13-25-21(30)17-31-23-27-26-22(28-14-5-2-6-15-28)29(23)20-10-3-1-4-11-20/h1,3-4,7-11,16H,2,5-6,12-15,17H2,(H,25,30). The van der Waals surface area contributed by atoms with Gasteiger partial charge in [-0.2, -0.15) is 0 Å². The Bertz CT molecular complexity index is 1000. The Morgan fingerprint density at radius 2 is 1.84 bits per heavy atom. The fourth-order valence-electron chi connectivity index (χ4n) is 3.68. The lowest BCUT2D eigenvalue weighted by molar-refractivity contribution is -0.118. The lowest BCUT2D eigenvalue weighted by atomic mass is 10.1. The molecule has 31 heavy (non-hydrogen) atoms. The van der Waals surface area contributed by atoms with Gasteiger partial charge in [-0.1, -0.05) is 53.7 Å². The van der Waals surface area contributed by atoms with Crippen LogP contribution in [0.15, 0.2) is 59.8 Å². The lowest BCUT2D eigenvalue weighted by Crippen LogP contribution is -2.31. The molecule has 1 aromatic heterocycles. The van der Waals surface area contributed by atoms with Gasteiger partial charge in [-0.15, -0.1) is 10.2 Å². The smallest absolute Gasteiger partial charge is 0.232 e.